The predicted octanol–water partition coefficient (Wildman–Crippen LogP) is 4.32. The molecule has 4 fully saturated rings. The van der Waals surface area contributed by atoms with E-state index in [9.17, 15) is 39.0 Å². The van der Waals surface area contributed by atoms with Crippen LogP contribution >= 0.6 is 0 Å². The zero-order valence-electron chi connectivity index (χ0n) is 33.4. The number of carboxylic acid groups (broad SMARTS) is 2. The summed E-state index contributed by atoms with van der Waals surface area (Å²) in [7, 11) is 0. The summed E-state index contributed by atoms with van der Waals surface area (Å²) in [6.07, 6.45) is 2.59. The topological polar surface area (TPSA) is 197 Å². The Kier molecular flexibility index (Phi) is 10.8. The fourth-order valence-corrected chi connectivity index (χ4v) is 10.4. The number of amides is 6. The number of aliphatic carboxylic acids is 2. The van der Waals surface area contributed by atoms with Gasteiger partial charge in [0.1, 0.15) is 11.1 Å². The van der Waals surface area contributed by atoms with E-state index in [-0.39, 0.29) is 24.9 Å². The number of carbonyl (C=O) groups is 6. The molecule has 4 rings (SSSR count). The maximum Gasteiger partial charge on any atom is 0.325 e. The number of carbonyl (C=O) groups excluding carboxylic acids is 4. The molecule has 6 amide bonds. The summed E-state index contributed by atoms with van der Waals surface area (Å²) in [6.45, 7) is 22.4. The molecule has 0 saturated carbocycles. The zero-order valence-corrected chi connectivity index (χ0v) is 33.4. The number of hydrogen-bond acceptors (Lipinski definition) is 8. The molecule has 4 aliphatic heterocycles. The number of piperidine rings is 2. The van der Waals surface area contributed by atoms with Crippen molar-refractivity contribution in [1.82, 2.24) is 31.1 Å². The molecular formula is C38H64N6O8. The normalized spacial score (nSPS) is 40.2. The number of carboxylic acids is 2. The van der Waals surface area contributed by atoms with Crippen molar-refractivity contribution in [3.8, 4) is 0 Å². The molecule has 14 heteroatoms. The first-order chi connectivity index (χ1) is 23.8. The van der Waals surface area contributed by atoms with Crippen molar-refractivity contribution in [2.24, 2.45) is 29.1 Å². The molecule has 0 bridgehead atoms. The minimum atomic E-state index is -2.07. The summed E-state index contributed by atoms with van der Waals surface area (Å²) in [5, 5.41) is 34.5. The highest BCUT2D eigenvalue weighted by atomic mass is 16.4. The van der Waals surface area contributed by atoms with Crippen molar-refractivity contribution in [2.45, 2.75) is 161 Å². The quantitative estimate of drug-likeness (QED) is 0.148. The van der Waals surface area contributed by atoms with Gasteiger partial charge in [-0.25, -0.2) is 9.59 Å². The van der Waals surface area contributed by atoms with Crippen LogP contribution in [-0.4, -0.2) is 102 Å². The summed E-state index contributed by atoms with van der Waals surface area (Å²) >= 11 is 0. The van der Waals surface area contributed by atoms with Gasteiger partial charge >= 0.3 is 24.0 Å². The van der Waals surface area contributed by atoms with Crippen LogP contribution < -0.4 is 21.3 Å². The molecule has 10 unspecified atom stereocenters. The van der Waals surface area contributed by atoms with E-state index >= 15 is 0 Å². The Morgan fingerprint density at radius 2 is 1.06 bits per heavy atom. The Bertz CT molecular complexity index is 1410. The van der Waals surface area contributed by atoms with Gasteiger partial charge in [-0.05, 0) is 78.1 Å². The van der Waals surface area contributed by atoms with E-state index in [0.717, 1.165) is 9.80 Å². The number of nitrogens with one attached hydrogen (secondary N) is 4. The lowest BCUT2D eigenvalue weighted by atomic mass is 9.61. The molecule has 4 aliphatic rings. The second-order valence-electron chi connectivity index (χ2n) is 17.8. The van der Waals surface area contributed by atoms with Gasteiger partial charge < -0.3 is 31.5 Å². The van der Waals surface area contributed by atoms with Gasteiger partial charge in [-0.15, -0.1) is 0 Å². The molecule has 0 aliphatic carbocycles. The molecule has 52 heavy (non-hydrogen) atoms. The van der Waals surface area contributed by atoms with E-state index in [2.05, 4.69) is 21.3 Å². The molecule has 0 aromatic rings. The van der Waals surface area contributed by atoms with Gasteiger partial charge in [0.2, 0.25) is 0 Å². The van der Waals surface area contributed by atoms with Crippen molar-refractivity contribution in [2.75, 3.05) is 13.1 Å². The second kappa shape index (κ2) is 13.5. The van der Waals surface area contributed by atoms with Gasteiger partial charge in [-0.1, -0.05) is 55.4 Å². The second-order valence-corrected chi connectivity index (χ2v) is 17.8. The molecule has 10 atom stereocenters. The molecule has 0 aromatic carbocycles. The lowest BCUT2D eigenvalue weighted by molar-refractivity contribution is -0.165. The fraction of sp³-hybridized carbons (Fsp3) is 0.842. The maximum atomic E-state index is 14.5. The van der Waals surface area contributed by atoms with Crippen LogP contribution in [0.25, 0.3) is 0 Å². The predicted molar refractivity (Wildman–Crippen MR) is 195 cm³/mol. The molecule has 0 aromatic heterocycles. The summed E-state index contributed by atoms with van der Waals surface area (Å²) in [6, 6.07) is -1.31. The number of imide groups is 2. The van der Waals surface area contributed by atoms with E-state index in [4.69, 9.17) is 0 Å². The van der Waals surface area contributed by atoms with Crippen molar-refractivity contribution >= 4 is 35.8 Å². The van der Waals surface area contributed by atoms with Crippen molar-refractivity contribution < 1.29 is 39.0 Å². The zero-order chi connectivity index (χ0) is 39.6. The van der Waals surface area contributed by atoms with Crippen LogP contribution in [0.4, 0.5) is 9.59 Å². The number of hydrogen-bond donors (Lipinski definition) is 6. The summed E-state index contributed by atoms with van der Waals surface area (Å²) < 4.78 is 0. The Morgan fingerprint density at radius 1 is 0.712 bits per heavy atom. The first-order valence-electron chi connectivity index (χ1n) is 19.2. The third-order valence-corrected chi connectivity index (χ3v) is 14.8. The van der Waals surface area contributed by atoms with E-state index in [0.29, 0.717) is 38.5 Å². The molecule has 6 N–H and O–H groups in total. The largest absolute Gasteiger partial charge is 0.481 e. The highest BCUT2D eigenvalue weighted by Gasteiger charge is 2.66. The lowest BCUT2D eigenvalue weighted by Crippen LogP contribution is -2.74. The number of urea groups is 2. The average molecular weight is 733 g/mol. The minimum absolute atomic E-state index is 0.322. The van der Waals surface area contributed by atoms with Crippen LogP contribution in [0, 0.1) is 29.1 Å². The molecule has 2 spiro atoms. The average Bonchev–Trinajstić information content (AvgIpc) is 3.44. The smallest absolute Gasteiger partial charge is 0.325 e. The maximum absolute atomic E-state index is 14.5. The lowest BCUT2D eigenvalue weighted by Gasteiger charge is -2.57. The van der Waals surface area contributed by atoms with Gasteiger partial charge in [-0.2, -0.15) is 0 Å². The first-order valence-corrected chi connectivity index (χ1v) is 19.2. The first kappa shape index (κ1) is 41.5. The fourth-order valence-electron chi connectivity index (χ4n) is 10.4. The van der Waals surface area contributed by atoms with E-state index in [1.54, 1.807) is 0 Å². The van der Waals surface area contributed by atoms with E-state index in [1.807, 2.05) is 69.2 Å². The molecule has 4 heterocycles. The standard InChI is InChI=1S/C38H64N6O8/c1-13-32(9)20-37(24(7)34(11,15-3)41-32)27(47)43(30(51)39-37)18-22(5)36(29(49)50,17-26(45)46)23(6)19-44-28(48)38(40-31(44)52)21-33(10,14-2)42-35(12,16-4)25(38)8/h22-25,41-42H,13-21H2,1-12H3,(H,39,51)(H,40,52)(H,45,46)(H,49,50). The monoisotopic (exact) mass is 732 g/mol. The number of nitrogens with zero attached hydrogens (tertiary/aromatic N) is 2. The Labute approximate surface area is 308 Å². The Morgan fingerprint density at radius 3 is 1.33 bits per heavy atom. The molecule has 0 radical (unpaired) electrons. The highest BCUT2D eigenvalue weighted by Crippen LogP contribution is 2.50. The third kappa shape index (κ3) is 6.18. The van der Waals surface area contributed by atoms with Crippen LogP contribution in [0.5, 0.6) is 0 Å². The summed E-state index contributed by atoms with van der Waals surface area (Å²) in [5.74, 6) is -6.56. The van der Waals surface area contributed by atoms with E-state index < -0.39 is 92.7 Å². The molecule has 14 nitrogen and oxygen atoms in total. The van der Waals surface area contributed by atoms with Gasteiger partial charge in [0.25, 0.3) is 11.8 Å². The minimum Gasteiger partial charge on any atom is -0.481 e. The third-order valence-electron chi connectivity index (χ3n) is 14.8. The Hall–Kier alpha value is -3.26. The number of rotatable bonds is 13. The van der Waals surface area contributed by atoms with Gasteiger partial charge in [-0.3, -0.25) is 29.0 Å². The molecule has 4 saturated heterocycles. The van der Waals surface area contributed by atoms with Gasteiger partial charge in [0.15, 0.2) is 0 Å². The SMILES string of the molecule is CCC1(C)CC2(NC(=O)N(CC(C)C(CC(=O)O)(C(=O)O)C(C)CN3C(=O)NC4(CC(C)(CC)NC(C)(CC)C4C)C3=O)C2=O)C(C)C(C)(CC)N1. The van der Waals surface area contributed by atoms with E-state index in [1.165, 1.54) is 13.8 Å². The highest BCUT2D eigenvalue weighted by molar-refractivity contribution is 6.08. The van der Waals surface area contributed by atoms with Crippen LogP contribution in [0.15, 0.2) is 0 Å². The van der Waals surface area contributed by atoms with Gasteiger partial charge in [0, 0.05) is 47.1 Å². The van der Waals surface area contributed by atoms with Crippen LogP contribution in [-0.2, 0) is 19.2 Å². The van der Waals surface area contributed by atoms with Crippen LogP contribution in [0.2, 0.25) is 0 Å². The summed E-state index contributed by atoms with van der Waals surface area (Å²) in [4.78, 5) is 84.4. The molecule has 294 valence electrons. The van der Waals surface area contributed by atoms with Crippen molar-refractivity contribution in [3.63, 3.8) is 0 Å². The van der Waals surface area contributed by atoms with Crippen LogP contribution in [0.3, 0.4) is 0 Å². The van der Waals surface area contributed by atoms with Crippen molar-refractivity contribution in [1.29, 1.82) is 0 Å². The Balaban J connectivity index is 1.69. The summed E-state index contributed by atoms with van der Waals surface area (Å²) in [5.41, 5.74) is -6.50. The molecular weight excluding hydrogens is 668 g/mol. The van der Waals surface area contributed by atoms with Gasteiger partial charge in [0.05, 0.1) is 11.8 Å². The van der Waals surface area contributed by atoms with Crippen molar-refractivity contribution in [3.05, 3.63) is 0 Å². The van der Waals surface area contributed by atoms with Crippen LogP contribution in [0.1, 0.15) is 128 Å².